The van der Waals surface area contributed by atoms with E-state index in [0.29, 0.717) is 19.4 Å². The largest absolute Gasteiger partial charge is 0.446 e. The number of aryl methyl sites for hydroxylation is 1. The summed E-state index contributed by atoms with van der Waals surface area (Å²) in [5.74, 6) is 0. The Labute approximate surface area is 207 Å². The summed E-state index contributed by atoms with van der Waals surface area (Å²) >= 11 is 0. The van der Waals surface area contributed by atoms with Gasteiger partial charge in [-0.15, -0.1) is 0 Å². The zero-order valence-corrected chi connectivity index (χ0v) is 20.8. The highest BCUT2D eigenvalue weighted by Gasteiger charge is 2.34. The van der Waals surface area contributed by atoms with Crippen LogP contribution in [-0.4, -0.2) is 28.2 Å². The Balaban J connectivity index is 0.000000497. The van der Waals surface area contributed by atoms with Gasteiger partial charge >= 0.3 is 6.09 Å². The molecule has 35 heavy (non-hydrogen) atoms. The van der Waals surface area contributed by atoms with E-state index < -0.39 is 5.41 Å². The van der Waals surface area contributed by atoms with Gasteiger partial charge in [-0.05, 0) is 43.5 Å². The Hall–Kier alpha value is -3.85. The molecule has 2 aromatic carbocycles. The number of amides is 1. The lowest BCUT2D eigenvalue weighted by Gasteiger charge is -2.37. The Bertz CT molecular complexity index is 1180. The number of cyclic esters (lactones) is 1. The molecule has 6 nitrogen and oxygen atoms in total. The quantitative estimate of drug-likeness (QED) is 0.461. The van der Waals surface area contributed by atoms with Gasteiger partial charge in [0.25, 0.3) is 5.56 Å². The van der Waals surface area contributed by atoms with Crippen LogP contribution in [0.4, 0.5) is 4.79 Å². The van der Waals surface area contributed by atoms with Gasteiger partial charge in [0.2, 0.25) is 0 Å². The fourth-order valence-electron chi connectivity index (χ4n) is 4.00. The maximum Gasteiger partial charge on any atom is 0.410 e. The van der Waals surface area contributed by atoms with Gasteiger partial charge in [-0.3, -0.25) is 4.79 Å². The standard InChI is InChI=1S/C23H27N3O3.C6H6/c1-16(26-12-10-20(29-22(26)28)14-23(2,3)15-24)17-5-7-18(8-6-17)19-9-11-25(4)21(27)13-19;1-2-4-6-5-3-1/h5-9,11,13,16,20H,10,12,14H2,1-4H3;1-6H. The fraction of sp³-hybridized carbons (Fsp3) is 0.345. The van der Waals surface area contributed by atoms with Gasteiger partial charge in [0.1, 0.15) is 6.10 Å². The number of nitrogens with zero attached hydrogens (tertiary/aromatic N) is 3. The summed E-state index contributed by atoms with van der Waals surface area (Å²) in [6.45, 7) is 6.30. The van der Waals surface area contributed by atoms with Gasteiger partial charge in [-0.1, -0.05) is 60.7 Å². The Morgan fingerprint density at radius 3 is 2.14 bits per heavy atom. The van der Waals surface area contributed by atoms with Crippen molar-refractivity contribution in [2.75, 3.05) is 6.54 Å². The Kier molecular flexibility index (Phi) is 8.48. The zero-order chi connectivity index (χ0) is 25.4. The molecule has 0 spiro atoms. The number of carbonyl (C=O) groups is 1. The fourth-order valence-corrected chi connectivity index (χ4v) is 4.00. The summed E-state index contributed by atoms with van der Waals surface area (Å²) in [5.41, 5.74) is 2.27. The number of hydrogen-bond donors (Lipinski definition) is 0. The van der Waals surface area contributed by atoms with Crippen LogP contribution >= 0.6 is 0 Å². The van der Waals surface area contributed by atoms with Crippen molar-refractivity contribution < 1.29 is 9.53 Å². The second-order valence-electron chi connectivity index (χ2n) is 9.50. The molecule has 0 N–H and O–H groups in total. The van der Waals surface area contributed by atoms with Gasteiger partial charge in [0.05, 0.1) is 17.5 Å². The van der Waals surface area contributed by atoms with Crippen molar-refractivity contribution in [3.63, 3.8) is 0 Å². The third-order valence-electron chi connectivity index (χ3n) is 6.20. The van der Waals surface area contributed by atoms with Crippen LogP contribution in [0.3, 0.4) is 0 Å². The molecule has 3 aromatic rings. The zero-order valence-electron chi connectivity index (χ0n) is 20.8. The summed E-state index contributed by atoms with van der Waals surface area (Å²) < 4.78 is 7.13. The van der Waals surface area contributed by atoms with E-state index in [0.717, 1.165) is 16.7 Å². The highest BCUT2D eigenvalue weighted by Crippen LogP contribution is 2.31. The van der Waals surface area contributed by atoms with Gasteiger partial charge in [-0.25, -0.2) is 4.79 Å². The molecule has 182 valence electrons. The van der Waals surface area contributed by atoms with Crippen molar-refractivity contribution in [1.29, 1.82) is 5.26 Å². The molecule has 1 fully saturated rings. The van der Waals surface area contributed by atoms with Crippen LogP contribution in [0.5, 0.6) is 0 Å². The summed E-state index contributed by atoms with van der Waals surface area (Å²) in [4.78, 5) is 26.1. The number of pyridine rings is 1. The monoisotopic (exact) mass is 471 g/mol. The van der Waals surface area contributed by atoms with Crippen molar-refractivity contribution in [3.05, 3.63) is 94.9 Å². The van der Waals surface area contributed by atoms with E-state index in [1.165, 1.54) is 4.57 Å². The van der Waals surface area contributed by atoms with Crippen LogP contribution in [0.1, 0.15) is 45.2 Å². The second kappa shape index (κ2) is 11.5. The molecule has 6 heteroatoms. The maximum atomic E-state index is 12.5. The first-order valence-corrected chi connectivity index (χ1v) is 11.9. The molecule has 1 aromatic heterocycles. The minimum Gasteiger partial charge on any atom is -0.446 e. The molecule has 0 aliphatic carbocycles. The third-order valence-corrected chi connectivity index (χ3v) is 6.20. The molecule has 0 saturated carbocycles. The van der Waals surface area contributed by atoms with E-state index >= 15 is 0 Å². The van der Waals surface area contributed by atoms with Crippen LogP contribution in [-0.2, 0) is 11.8 Å². The summed E-state index contributed by atoms with van der Waals surface area (Å²) in [5, 5.41) is 9.19. The van der Waals surface area contributed by atoms with Gasteiger partial charge < -0.3 is 14.2 Å². The topological polar surface area (TPSA) is 75.3 Å². The van der Waals surface area contributed by atoms with Crippen LogP contribution in [0.2, 0.25) is 0 Å². The number of hydrogen-bond acceptors (Lipinski definition) is 4. The molecule has 1 aliphatic rings. The summed E-state index contributed by atoms with van der Waals surface area (Å²) in [6.07, 6.45) is 2.46. The SMILES string of the molecule is CC(c1ccc(-c2ccn(C)c(=O)c2)cc1)N1CCC(CC(C)(C)C#N)OC1=O.c1ccccc1. The molecule has 2 heterocycles. The molecule has 1 saturated heterocycles. The van der Waals surface area contributed by atoms with E-state index in [9.17, 15) is 14.9 Å². The predicted molar refractivity (Wildman–Crippen MR) is 138 cm³/mol. The lowest BCUT2D eigenvalue weighted by molar-refractivity contribution is 0.000797. The van der Waals surface area contributed by atoms with E-state index in [1.54, 1.807) is 24.2 Å². The highest BCUT2D eigenvalue weighted by molar-refractivity contribution is 5.69. The van der Waals surface area contributed by atoms with Crippen molar-refractivity contribution in [2.24, 2.45) is 12.5 Å². The average Bonchev–Trinajstić information content (AvgIpc) is 2.87. The summed E-state index contributed by atoms with van der Waals surface area (Å²) in [6, 6.07) is 25.6. The van der Waals surface area contributed by atoms with Gasteiger partial charge in [0, 0.05) is 38.7 Å². The molecule has 4 rings (SSSR count). The van der Waals surface area contributed by atoms with E-state index in [1.807, 2.05) is 87.5 Å². The van der Waals surface area contributed by atoms with Gasteiger partial charge in [0.15, 0.2) is 0 Å². The van der Waals surface area contributed by atoms with Gasteiger partial charge in [-0.2, -0.15) is 5.26 Å². The molecule has 0 radical (unpaired) electrons. The number of ether oxygens (including phenoxy) is 1. The number of rotatable bonds is 5. The summed E-state index contributed by atoms with van der Waals surface area (Å²) in [7, 11) is 1.72. The second-order valence-corrected chi connectivity index (χ2v) is 9.50. The number of carbonyl (C=O) groups excluding carboxylic acids is 1. The molecule has 2 unspecified atom stereocenters. The Morgan fingerprint density at radius 2 is 1.63 bits per heavy atom. The van der Waals surface area contributed by atoms with Crippen molar-refractivity contribution >= 4 is 6.09 Å². The molecular formula is C29H33N3O3. The first-order chi connectivity index (χ1) is 16.7. The number of nitriles is 1. The van der Waals surface area contributed by atoms with Crippen molar-refractivity contribution in [1.82, 2.24) is 9.47 Å². The first kappa shape index (κ1) is 25.8. The normalized spacial score (nSPS) is 16.4. The Morgan fingerprint density at radius 1 is 1.03 bits per heavy atom. The predicted octanol–water partition coefficient (Wildman–Crippen LogP) is 5.95. The minimum atomic E-state index is -0.507. The molecule has 1 amide bonds. The highest BCUT2D eigenvalue weighted by atomic mass is 16.6. The van der Waals surface area contributed by atoms with E-state index in [4.69, 9.17) is 4.74 Å². The van der Waals surface area contributed by atoms with Crippen molar-refractivity contribution in [3.8, 4) is 17.2 Å². The van der Waals surface area contributed by atoms with Crippen LogP contribution in [0.15, 0.2) is 83.8 Å². The lowest BCUT2D eigenvalue weighted by Crippen LogP contribution is -2.44. The maximum absolute atomic E-state index is 12.5. The average molecular weight is 472 g/mol. The smallest absolute Gasteiger partial charge is 0.410 e. The molecule has 0 bridgehead atoms. The van der Waals surface area contributed by atoms with Crippen molar-refractivity contribution in [2.45, 2.75) is 45.8 Å². The first-order valence-electron chi connectivity index (χ1n) is 11.9. The molecule has 2 atom stereocenters. The van der Waals surface area contributed by atoms with E-state index in [2.05, 4.69) is 6.07 Å². The third kappa shape index (κ3) is 7.07. The van der Waals surface area contributed by atoms with Crippen LogP contribution in [0.25, 0.3) is 11.1 Å². The lowest BCUT2D eigenvalue weighted by atomic mass is 9.87. The molecular weight excluding hydrogens is 438 g/mol. The minimum absolute atomic E-state index is 0.0508. The molecule has 1 aliphatic heterocycles. The van der Waals surface area contributed by atoms with E-state index in [-0.39, 0.29) is 23.8 Å². The number of benzene rings is 2. The number of aromatic nitrogens is 1. The van der Waals surface area contributed by atoms with Crippen LogP contribution < -0.4 is 5.56 Å². The van der Waals surface area contributed by atoms with Crippen LogP contribution in [0, 0.1) is 16.7 Å².